The Morgan fingerprint density at radius 2 is 1.94 bits per heavy atom. The minimum atomic E-state index is -0.679. The average molecular weight is 253 g/mol. The minimum absolute atomic E-state index is 0.382. The summed E-state index contributed by atoms with van der Waals surface area (Å²) in [5.41, 5.74) is 1.24. The van der Waals surface area contributed by atoms with Crippen LogP contribution >= 0.6 is 11.6 Å². The van der Waals surface area contributed by atoms with E-state index in [1.165, 1.54) is 12.1 Å². The van der Waals surface area contributed by atoms with Crippen LogP contribution in [0.2, 0.25) is 5.02 Å². The quantitative estimate of drug-likeness (QED) is 0.879. The van der Waals surface area contributed by atoms with Gasteiger partial charge in [-0.05, 0) is 35.9 Å². The number of hydrogen-bond acceptors (Lipinski definition) is 2. The second-order valence-corrected chi connectivity index (χ2v) is 3.92. The van der Waals surface area contributed by atoms with Gasteiger partial charge in [0.2, 0.25) is 0 Å². The van der Waals surface area contributed by atoms with Crippen LogP contribution in [0.1, 0.15) is 0 Å². The number of rotatable bonds is 2. The zero-order valence-corrected chi connectivity index (χ0v) is 9.83. The zero-order valence-electron chi connectivity index (χ0n) is 9.08. The van der Waals surface area contributed by atoms with Crippen LogP contribution in [-0.2, 0) is 0 Å². The summed E-state index contributed by atoms with van der Waals surface area (Å²) in [6.07, 6.45) is 0. The topological polar surface area (TPSA) is 29.5 Å². The largest absolute Gasteiger partial charge is 0.505 e. The van der Waals surface area contributed by atoms with Gasteiger partial charge < -0.3 is 9.84 Å². The SMILES string of the molecule is COc1ccc(Cl)c(-c2ccc(O)c(F)c2)c1. The van der Waals surface area contributed by atoms with Gasteiger partial charge in [0.05, 0.1) is 7.11 Å². The third-order valence-corrected chi connectivity index (χ3v) is 2.76. The normalized spacial score (nSPS) is 10.3. The van der Waals surface area contributed by atoms with E-state index >= 15 is 0 Å². The highest BCUT2D eigenvalue weighted by atomic mass is 35.5. The maximum atomic E-state index is 13.3. The first kappa shape index (κ1) is 11.7. The Bertz CT molecular complexity index is 555. The maximum Gasteiger partial charge on any atom is 0.165 e. The Labute approximate surface area is 103 Å². The summed E-state index contributed by atoms with van der Waals surface area (Å²) in [7, 11) is 1.55. The number of halogens is 2. The molecule has 0 atom stereocenters. The summed E-state index contributed by atoms with van der Waals surface area (Å²) in [6, 6.07) is 9.24. The third-order valence-electron chi connectivity index (χ3n) is 2.43. The van der Waals surface area contributed by atoms with Crippen LogP contribution in [0.25, 0.3) is 11.1 Å². The molecule has 1 N–H and O–H groups in total. The van der Waals surface area contributed by atoms with Gasteiger partial charge in [0.15, 0.2) is 11.6 Å². The molecule has 2 nitrogen and oxygen atoms in total. The predicted molar refractivity (Wildman–Crippen MR) is 65.1 cm³/mol. The third kappa shape index (κ3) is 2.34. The van der Waals surface area contributed by atoms with Gasteiger partial charge in [0, 0.05) is 10.6 Å². The number of benzene rings is 2. The van der Waals surface area contributed by atoms with E-state index in [4.69, 9.17) is 21.4 Å². The van der Waals surface area contributed by atoms with E-state index in [-0.39, 0.29) is 5.75 Å². The molecule has 0 heterocycles. The van der Waals surface area contributed by atoms with Crippen molar-refractivity contribution in [1.29, 1.82) is 0 Å². The fraction of sp³-hybridized carbons (Fsp3) is 0.0769. The molecule has 0 aliphatic rings. The molecule has 4 heteroatoms. The molecule has 2 rings (SSSR count). The molecule has 0 fully saturated rings. The van der Waals surface area contributed by atoms with Crippen molar-refractivity contribution >= 4 is 11.6 Å². The molecule has 0 aliphatic carbocycles. The average Bonchev–Trinajstić information content (AvgIpc) is 2.33. The smallest absolute Gasteiger partial charge is 0.165 e. The Morgan fingerprint density at radius 1 is 1.18 bits per heavy atom. The molecule has 0 saturated carbocycles. The summed E-state index contributed by atoms with van der Waals surface area (Å²) in [5.74, 6) is -0.424. The van der Waals surface area contributed by atoms with Crippen LogP contribution in [0.4, 0.5) is 4.39 Å². The lowest BCUT2D eigenvalue weighted by Crippen LogP contribution is -1.86. The molecule has 0 spiro atoms. The Morgan fingerprint density at radius 3 is 2.59 bits per heavy atom. The highest BCUT2D eigenvalue weighted by Gasteiger charge is 2.08. The fourth-order valence-corrected chi connectivity index (χ4v) is 1.75. The lowest BCUT2D eigenvalue weighted by molar-refractivity contribution is 0.415. The fourth-order valence-electron chi connectivity index (χ4n) is 1.53. The molecule has 88 valence electrons. The summed E-state index contributed by atoms with van der Waals surface area (Å²) in [6.45, 7) is 0. The van der Waals surface area contributed by atoms with Crippen LogP contribution in [0, 0.1) is 5.82 Å². The molecule has 0 bridgehead atoms. The van der Waals surface area contributed by atoms with Gasteiger partial charge in [-0.3, -0.25) is 0 Å². The van der Waals surface area contributed by atoms with Gasteiger partial charge >= 0.3 is 0 Å². The number of ether oxygens (including phenoxy) is 1. The van der Waals surface area contributed by atoms with Crippen LogP contribution in [0.3, 0.4) is 0 Å². The Balaban J connectivity index is 2.55. The molecule has 0 amide bonds. The second kappa shape index (κ2) is 4.63. The first-order valence-electron chi connectivity index (χ1n) is 4.94. The summed E-state index contributed by atoms with van der Waals surface area (Å²) >= 11 is 6.04. The van der Waals surface area contributed by atoms with Crippen LogP contribution in [0.15, 0.2) is 36.4 Å². The van der Waals surface area contributed by atoms with E-state index in [2.05, 4.69) is 0 Å². The van der Waals surface area contributed by atoms with E-state index in [1.807, 2.05) is 0 Å². The summed E-state index contributed by atoms with van der Waals surface area (Å²) in [4.78, 5) is 0. The van der Waals surface area contributed by atoms with Crippen LogP contribution in [-0.4, -0.2) is 12.2 Å². The number of methoxy groups -OCH3 is 1. The van der Waals surface area contributed by atoms with Gasteiger partial charge in [-0.15, -0.1) is 0 Å². The van der Waals surface area contributed by atoms with E-state index in [9.17, 15) is 4.39 Å². The van der Waals surface area contributed by atoms with Crippen LogP contribution < -0.4 is 4.74 Å². The summed E-state index contributed by atoms with van der Waals surface area (Å²) < 4.78 is 18.3. The summed E-state index contributed by atoms with van der Waals surface area (Å²) in [5, 5.41) is 9.62. The molecule has 2 aromatic rings. The van der Waals surface area contributed by atoms with Crippen molar-refractivity contribution in [3.05, 3.63) is 47.2 Å². The first-order valence-corrected chi connectivity index (χ1v) is 5.32. The molecule has 0 unspecified atom stereocenters. The highest BCUT2D eigenvalue weighted by molar-refractivity contribution is 6.33. The Kier molecular flexibility index (Phi) is 3.20. The van der Waals surface area contributed by atoms with Gasteiger partial charge in [-0.1, -0.05) is 17.7 Å². The van der Waals surface area contributed by atoms with Gasteiger partial charge in [0.25, 0.3) is 0 Å². The molecule has 0 aromatic heterocycles. The second-order valence-electron chi connectivity index (χ2n) is 3.51. The standard InChI is InChI=1S/C13H10ClFO2/c1-17-9-3-4-11(14)10(7-9)8-2-5-13(16)12(15)6-8/h2-7,16H,1H3. The van der Waals surface area contributed by atoms with E-state index in [0.29, 0.717) is 21.9 Å². The van der Waals surface area contributed by atoms with E-state index < -0.39 is 5.82 Å². The van der Waals surface area contributed by atoms with Crippen molar-refractivity contribution < 1.29 is 14.2 Å². The van der Waals surface area contributed by atoms with Crippen LogP contribution in [0.5, 0.6) is 11.5 Å². The number of phenolic OH excluding ortho intramolecular Hbond substituents is 1. The van der Waals surface area contributed by atoms with Crippen molar-refractivity contribution in [2.75, 3.05) is 7.11 Å². The molecule has 17 heavy (non-hydrogen) atoms. The first-order chi connectivity index (χ1) is 8.11. The van der Waals surface area contributed by atoms with E-state index in [0.717, 1.165) is 0 Å². The maximum absolute atomic E-state index is 13.3. The van der Waals surface area contributed by atoms with Gasteiger partial charge in [-0.25, -0.2) is 4.39 Å². The Hall–Kier alpha value is -1.74. The lowest BCUT2D eigenvalue weighted by Gasteiger charge is -2.08. The lowest BCUT2D eigenvalue weighted by atomic mass is 10.0. The number of hydrogen-bond donors (Lipinski definition) is 1. The van der Waals surface area contributed by atoms with Crippen molar-refractivity contribution in [1.82, 2.24) is 0 Å². The minimum Gasteiger partial charge on any atom is -0.505 e. The van der Waals surface area contributed by atoms with Crippen molar-refractivity contribution in [2.24, 2.45) is 0 Å². The van der Waals surface area contributed by atoms with Crippen molar-refractivity contribution in [3.8, 4) is 22.6 Å². The van der Waals surface area contributed by atoms with Crippen molar-refractivity contribution in [3.63, 3.8) is 0 Å². The monoisotopic (exact) mass is 252 g/mol. The molecular formula is C13H10ClFO2. The van der Waals surface area contributed by atoms with E-state index in [1.54, 1.807) is 31.4 Å². The highest BCUT2D eigenvalue weighted by Crippen LogP contribution is 2.33. The van der Waals surface area contributed by atoms with Gasteiger partial charge in [0.1, 0.15) is 5.75 Å². The molecule has 2 aromatic carbocycles. The van der Waals surface area contributed by atoms with Gasteiger partial charge in [-0.2, -0.15) is 0 Å². The molecule has 0 saturated heterocycles. The zero-order chi connectivity index (χ0) is 12.4. The predicted octanol–water partition coefficient (Wildman–Crippen LogP) is 3.86. The van der Waals surface area contributed by atoms with Crippen molar-refractivity contribution in [2.45, 2.75) is 0 Å². The number of aromatic hydroxyl groups is 1. The molecule has 0 aliphatic heterocycles. The molecular weight excluding hydrogens is 243 g/mol. The number of phenols is 1. The molecule has 0 radical (unpaired) electrons.